The van der Waals surface area contributed by atoms with Crippen molar-refractivity contribution in [3.05, 3.63) is 64.1 Å². The molecule has 1 amide bonds. The number of amides is 1. The summed E-state index contributed by atoms with van der Waals surface area (Å²) in [5.74, 6) is -0.578. The topological polar surface area (TPSA) is 54.5 Å². The maximum Gasteiger partial charge on any atom is 0.418 e. The van der Waals surface area contributed by atoms with Gasteiger partial charge in [0.15, 0.2) is 0 Å². The number of aromatic nitrogens is 1. The van der Waals surface area contributed by atoms with E-state index in [0.717, 1.165) is 11.6 Å². The Morgan fingerprint density at radius 1 is 1.19 bits per heavy atom. The first-order valence-electron chi connectivity index (χ1n) is 9.84. The summed E-state index contributed by atoms with van der Waals surface area (Å²) in [4.78, 5) is 18.7. The third kappa shape index (κ3) is 5.23. The lowest BCUT2D eigenvalue weighted by Crippen LogP contribution is -2.36. The second-order valence-corrected chi connectivity index (χ2v) is 8.44. The Morgan fingerprint density at radius 3 is 2.66 bits per heavy atom. The highest BCUT2D eigenvalue weighted by Gasteiger charge is 2.35. The third-order valence-electron chi connectivity index (χ3n) is 4.96. The van der Waals surface area contributed by atoms with Crippen molar-refractivity contribution in [1.29, 1.82) is 0 Å². The zero-order valence-corrected chi connectivity index (χ0v) is 18.4. The molecule has 0 bridgehead atoms. The molecular weight excluding hydrogens is 463 g/mol. The number of anilines is 2. The molecule has 0 spiro atoms. The number of carbonyl (C=O) groups is 1. The molecule has 1 fully saturated rings. The number of ether oxygens (including phenoxy) is 1. The van der Waals surface area contributed by atoms with Gasteiger partial charge in [0.1, 0.15) is 5.01 Å². The molecule has 0 unspecified atom stereocenters. The summed E-state index contributed by atoms with van der Waals surface area (Å²) in [6, 6.07) is 11.1. The maximum absolute atomic E-state index is 13.7. The van der Waals surface area contributed by atoms with Gasteiger partial charge in [-0.1, -0.05) is 29.8 Å². The summed E-state index contributed by atoms with van der Waals surface area (Å²) in [5, 5.41) is 5.27. The van der Waals surface area contributed by atoms with Crippen LogP contribution in [-0.2, 0) is 22.1 Å². The fraction of sp³-hybridized carbons (Fsp3) is 0.273. The van der Waals surface area contributed by atoms with Gasteiger partial charge < -0.3 is 15.0 Å². The lowest BCUT2D eigenvalue weighted by Gasteiger charge is -2.29. The van der Waals surface area contributed by atoms with E-state index < -0.39 is 17.6 Å². The smallest absolute Gasteiger partial charge is 0.378 e. The number of nitrogens with zero attached hydrogens (tertiary/aromatic N) is 2. The van der Waals surface area contributed by atoms with Crippen LogP contribution in [0.3, 0.4) is 0 Å². The van der Waals surface area contributed by atoms with Crippen LogP contribution in [0.15, 0.2) is 47.8 Å². The summed E-state index contributed by atoms with van der Waals surface area (Å²) in [6.07, 6.45) is -4.76. The highest BCUT2D eigenvalue weighted by Crippen LogP contribution is 2.38. The van der Waals surface area contributed by atoms with Gasteiger partial charge in [0.2, 0.25) is 5.91 Å². The average molecular weight is 482 g/mol. The number of rotatable bonds is 5. The standard InChI is InChI=1S/C22H19ClF3N3O2S/c23-18-4-2-1-3-16(18)21-27-14(13-32-21)11-20(30)28-19-6-5-15(12-17(19)22(24,25)26)29-7-9-31-10-8-29/h1-6,12-13H,7-11H2,(H,28,30). The first kappa shape index (κ1) is 22.6. The van der Waals surface area contributed by atoms with Crippen LogP contribution >= 0.6 is 22.9 Å². The molecule has 32 heavy (non-hydrogen) atoms. The van der Waals surface area contributed by atoms with Gasteiger partial charge in [-0.2, -0.15) is 13.2 Å². The number of benzene rings is 2. The predicted molar refractivity (Wildman–Crippen MR) is 119 cm³/mol. The number of carbonyl (C=O) groups excluding carboxylic acids is 1. The summed E-state index contributed by atoms with van der Waals surface area (Å²) >= 11 is 7.50. The Hall–Kier alpha value is -2.62. The molecule has 1 aliphatic rings. The molecule has 168 valence electrons. The van der Waals surface area contributed by atoms with Crippen LogP contribution in [-0.4, -0.2) is 37.2 Å². The van der Waals surface area contributed by atoms with Crippen molar-refractivity contribution in [3.8, 4) is 10.6 Å². The number of thiazole rings is 1. The molecule has 1 aromatic heterocycles. The molecule has 3 aromatic rings. The van der Waals surface area contributed by atoms with E-state index in [2.05, 4.69) is 10.3 Å². The van der Waals surface area contributed by atoms with Crippen LogP contribution in [0.4, 0.5) is 24.5 Å². The highest BCUT2D eigenvalue weighted by atomic mass is 35.5. The first-order chi connectivity index (χ1) is 15.3. The zero-order valence-electron chi connectivity index (χ0n) is 16.8. The Morgan fingerprint density at radius 2 is 1.94 bits per heavy atom. The van der Waals surface area contributed by atoms with Crippen molar-refractivity contribution < 1.29 is 22.7 Å². The monoisotopic (exact) mass is 481 g/mol. The Balaban J connectivity index is 1.50. The van der Waals surface area contributed by atoms with Gasteiger partial charge in [-0.25, -0.2) is 4.98 Å². The van der Waals surface area contributed by atoms with Crippen LogP contribution < -0.4 is 10.2 Å². The molecule has 4 rings (SSSR count). The molecule has 1 saturated heterocycles. The van der Waals surface area contributed by atoms with Crippen LogP contribution in [0, 0.1) is 0 Å². The van der Waals surface area contributed by atoms with Crippen LogP contribution in [0.5, 0.6) is 0 Å². The molecule has 2 aromatic carbocycles. The van der Waals surface area contributed by atoms with Gasteiger partial charge in [-0.3, -0.25) is 4.79 Å². The number of hydrogen-bond donors (Lipinski definition) is 1. The quantitative estimate of drug-likeness (QED) is 0.523. The van der Waals surface area contributed by atoms with Crippen molar-refractivity contribution in [2.45, 2.75) is 12.6 Å². The number of morpholine rings is 1. The minimum atomic E-state index is -4.61. The average Bonchev–Trinajstić information content (AvgIpc) is 3.22. The normalized spacial score (nSPS) is 14.4. The second kappa shape index (κ2) is 9.48. The molecule has 10 heteroatoms. The van der Waals surface area contributed by atoms with Crippen LogP contribution in [0.1, 0.15) is 11.3 Å². The van der Waals surface area contributed by atoms with Gasteiger partial charge in [0, 0.05) is 29.7 Å². The molecule has 2 heterocycles. The van der Waals surface area contributed by atoms with E-state index in [4.69, 9.17) is 16.3 Å². The van der Waals surface area contributed by atoms with Crippen LogP contribution in [0.2, 0.25) is 5.02 Å². The lowest BCUT2D eigenvalue weighted by molar-refractivity contribution is -0.136. The predicted octanol–water partition coefficient (Wildman–Crippen LogP) is 5.50. The van der Waals surface area contributed by atoms with Gasteiger partial charge in [-0.15, -0.1) is 11.3 Å². The van der Waals surface area contributed by atoms with E-state index in [1.807, 2.05) is 17.0 Å². The molecule has 1 aliphatic heterocycles. The lowest BCUT2D eigenvalue weighted by atomic mass is 10.1. The van der Waals surface area contributed by atoms with E-state index >= 15 is 0 Å². The number of alkyl halides is 3. The fourth-order valence-electron chi connectivity index (χ4n) is 3.40. The highest BCUT2D eigenvalue weighted by molar-refractivity contribution is 7.13. The molecule has 0 atom stereocenters. The number of hydrogen-bond acceptors (Lipinski definition) is 5. The SMILES string of the molecule is O=C(Cc1csc(-c2ccccc2Cl)n1)Nc1ccc(N2CCOCC2)cc1C(F)(F)F. The largest absolute Gasteiger partial charge is 0.418 e. The summed E-state index contributed by atoms with van der Waals surface area (Å²) in [5.41, 5.74) is 0.484. The Kier molecular flexibility index (Phi) is 6.68. The van der Waals surface area contributed by atoms with Gasteiger partial charge in [-0.05, 0) is 24.3 Å². The summed E-state index contributed by atoms with van der Waals surface area (Å²) in [7, 11) is 0. The number of nitrogens with one attached hydrogen (secondary N) is 1. The van der Waals surface area contributed by atoms with E-state index in [1.54, 1.807) is 23.6 Å². The molecule has 0 aliphatic carbocycles. The van der Waals surface area contributed by atoms with Crippen molar-refractivity contribution in [3.63, 3.8) is 0 Å². The van der Waals surface area contributed by atoms with Crippen molar-refractivity contribution in [1.82, 2.24) is 4.98 Å². The summed E-state index contributed by atoms with van der Waals surface area (Å²) in [6.45, 7) is 1.95. The fourth-order valence-corrected chi connectivity index (χ4v) is 4.54. The maximum atomic E-state index is 13.7. The minimum Gasteiger partial charge on any atom is -0.378 e. The van der Waals surface area contributed by atoms with E-state index in [1.165, 1.54) is 17.4 Å². The minimum absolute atomic E-state index is 0.149. The molecule has 0 saturated carbocycles. The molecular formula is C22H19ClF3N3O2S. The molecule has 0 radical (unpaired) electrons. The third-order valence-corrected chi connectivity index (χ3v) is 6.21. The Bertz CT molecular complexity index is 1110. The van der Waals surface area contributed by atoms with Gasteiger partial charge in [0.25, 0.3) is 0 Å². The van der Waals surface area contributed by atoms with Crippen molar-refractivity contribution in [2.24, 2.45) is 0 Å². The van der Waals surface area contributed by atoms with Crippen LogP contribution in [0.25, 0.3) is 10.6 Å². The Labute approximate surface area is 191 Å². The van der Waals surface area contributed by atoms with E-state index in [-0.39, 0.29) is 12.1 Å². The van der Waals surface area contributed by atoms with Gasteiger partial charge >= 0.3 is 6.18 Å². The zero-order chi connectivity index (χ0) is 22.7. The molecule has 5 nitrogen and oxygen atoms in total. The van der Waals surface area contributed by atoms with Gasteiger partial charge in [0.05, 0.1) is 41.6 Å². The van der Waals surface area contributed by atoms with Crippen molar-refractivity contribution >= 4 is 40.2 Å². The molecule has 1 N–H and O–H groups in total. The second-order valence-electron chi connectivity index (χ2n) is 7.18. The first-order valence-corrected chi connectivity index (χ1v) is 11.1. The van der Waals surface area contributed by atoms with Crippen molar-refractivity contribution in [2.75, 3.05) is 36.5 Å². The summed E-state index contributed by atoms with van der Waals surface area (Å²) < 4.78 is 46.3. The van der Waals surface area contributed by atoms with E-state index in [0.29, 0.717) is 47.7 Å². The number of halogens is 4. The van der Waals surface area contributed by atoms with E-state index in [9.17, 15) is 18.0 Å².